The highest BCUT2D eigenvalue weighted by molar-refractivity contribution is 9.10. The molecule has 0 amide bonds. The summed E-state index contributed by atoms with van der Waals surface area (Å²) in [6, 6.07) is 3.88. The summed E-state index contributed by atoms with van der Waals surface area (Å²) in [7, 11) is 0. The van der Waals surface area contributed by atoms with Crippen LogP contribution in [-0.2, 0) is 0 Å². The average molecular weight is 309 g/mol. The Hall–Kier alpha value is -1.57. The Kier molecular flexibility index (Phi) is 3.05. The van der Waals surface area contributed by atoms with Gasteiger partial charge in [0.1, 0.15) is 5.75 Å². The number of aromatic nitrogens is 2. The fourth-order valence-electron chi connectivity index (χ4n) is 1.18. The minimum atomic E-state index is -4.74. The van der Waals surface area contributed by atoms with Crippen LogP contribution in [-0.4, -0.2) is 16.6 Å². The molecule has 2 aromatic rings. The molecule has 0 saturated carbocycles. The molecule has 0 aliphatic rings. The Morgan fingerprint density at radius 2 is 2.00 bits per heavy atom. The van der Waals surface area contributed by atoms with Crippen molar-refractivity contribution < 1.29 is 22.3 Å². The molecule has 1 heterocycles. The zero-order chi connectivity index (χ0) is 12.5. The van der Waals surface area contributed by atoms with Crippen molar-refractivity contribution in [2.24, 2.45) is 0 Å². The van der Waals surface area contributed by atoms with Crippen molar-refractivity contribution in [3.63, 3.8) is 0 Å². The predicted octanol–water partition coefficient (Wildman–Crippen LogP) is 3.40. The van der Waals surface area contributed by atoms with Gasteiger partial charge in [-0.05, 0) is 18.2 Å². The first-order valence-electron chi connectivity index (χ1n) is 4.27. The molecule has 0 atom stereocenters. The monoisotopic (exact) mass is 308 g/mol. The average Bonchev–Trinajstić information content (AvgIpc) is 2.65. The van der Waals surface area contributed by atoms with E-state index in [1.54, 1.807) is 0 Å². The summed E-state index contributed by atoms with van der Waals surface area (Å²) in [4.78, 5) is 0. The van der Waals surface area contributed by atoms with Crippen LogP contribution >= 0.6 is 15.9 Å². The molecule has 2 rings (SSSR count). The molecule has 1 aromatic carbocycles. The van der Waals surface area contributed by atoms with Gasteiger partial charge in [0.25, 0.3) is 0 Å². The van der Waals surface area contributed by atoms with Crippen LogP contribution in [0.25, 0.3) is 11.5 Å². The molecule has 0 bridgehead atoms. The highest BCUT2D eigenvalue weighted by Crippen LogP contribution is 2.30. The minimum absolute atomic E-state index is 0.110. The molecular formula is C9H4BrF3N2O2. The lowest BCUT2D eigenvalue weighted by Gasteiger charge is -2.09. The van der Waals surface area contributed by atoms with Crippen LogP contribution in [0.5, 0.6) is 5.75 Å². The van der Waals surface area contributed by atoms with E-state index in [0.29, 0.717) is 10.0 Å². The highest BCUT2D eigenvalue weighted by atomic mass is 79.9. The maximum absolute atomic E-state index is 12.1. The molecule has 0 radical (unpaired) electrons. The molecule has 8 heteroatoms. The lowest BCUT2D eigenvalue weighted by Crippen LogP contribution is -2.17. The van der Waals surface area contributed by atoms with Crippen molar-refractivity contribution in [3.8, 4) is 17.2 Å². The second-order valence-electron chi connectivity index (χ2n) is 2.97. The number of nitrogens with zero attached hydrogens (tertiary/aromatic N) is 2. The van der Waals surface area contributed by atoms with Gasteiger partial charge in [-0.2, -0.15) is 0 Å². The van der Waals surface area contributed by atoms with E-state index in [1.807, 2.05) is 0 Å². The quantitative estimate of drug-likeness (QED) is 0.853. The normalized spacial score (nSPS) is 11.5. The number of alkyl halides is 3. The lowest BCUT2D eigenvalue weighted by molar-refractivity contribution is -0.274. The van der Waals surface area contributed by atoms with Gasteiger partial charge in [0.15, 0.2) is 0 Å². The first-order chi connectivity index (χ1) is 7.94. The molecule has 0 N–H and O–H groups in total. The van der Waals surface area contributed by atoms with Gasteiger partial charge < -0.3 is 9.15 Å². The van der Waals surface area contributed by atoms with Gasteiger partial charge in [0.05, 0.1) is 0 Å². The van der Waals surface area contributed by atoms with Crippen molar-refractivity contribution in [2.45, 2.75) is 6.36 Å². The highest BCUT2D eigenvalue weighted by Gasteiger charge is 2.31. The van der Waals surface area contributed by atoms with Crippen molar-refractivity contribution in [1.82, 2.24) is 10.2 Å². The summed E-state index contributed by atoms with van der Waals surface area (Å²) in [5.74, 6) is -0.251. The molecule has 0 unspecified atom stereocenters. The number of rotatable bonds is 2. The Balaban J connectivity index is 2.36. The summed E-state index contributed by atoms with van der Waals surface area (Å²) in [6.45, 7) is 0. The van der Waals surface area contributed by atoms with Crippen LogP contribution in [0, 0.1) is 0 Å². The van der Waals surface area contributed by atoms with E-state index in [0.717, 1.165) is 12.5 Å². The summed E-state index contributed by atoms with van der Waals surface area (Å²) in [5, 5.41) is 7.03. The van der Waals surface area contributed by atoms with E-state index >= 15 is 0 Å². The van der Waals surface area contributed by atoms with Crippen LogP contribution in [0.4, 0.5) is 13.2 Å². The van der Waals surface area contributed by atoms with Crippen molar-refractivity contribution in [3.05, 3.63) is 29.1 Å². The van der Waals surface area contributed by atoms with Crippen LogP contribution < -0.4 is 4.74 Å². The molecule has 0 aliphatic carbocycles. The number of ether oxygens (including phenoxy) is 1. The van der Waals surface area contributed by atoms with E-state index < -0.39 is 6.36 Å². The van der Waals surface area contributed by atoms with E-state index in [2.05, 4.69) is 30.9 Å². The van der Waals surface area contributed by atoms with Crippen LogP contribution in [0.15, 0.2) is 33.5 Å². The first kappa shape index (κ1) is 11.9. The third-order valence-electron chi connectivity index (χ3n) is 1.71. The smallest absolute Gasteiger partial charge is 0.423 e. The van der Waals surface area contributed by atoms with Gasteiger partial charge in [0, 0.05) is 10.0 Å². The second kappa shape index (κ2) is 4.36. The summed E-state index contributed by atoms with van der Waals surface area (Å²) in [5.41, 5.74) is 0.330. The molecule has 0 aliphatic heterocycles. The van der Waals surface area contributed by atoms with Crippen LogP contribution in [0.1, 0.15) is 0 Å². The van der Waals surface area contributed by atoms with Gasteiger partial charge in [-0.25, -0.2) is 0 Å². The molecule has 90 valence electrons. The summed E-state index contributed by atoms with van der Waals surface area (Å²) in [6.07, 6.45) is -3.66. The van der Waals surface area contributed by atoms with Crippen LogP contribution in [0.3, 0.4) is 0 Å². The Labute approximate surface area is 102 Å². The summed E-state index contributed by atoms with van der Waals surface area (Å²) < 4.78 is 45.3. The van der Waals surface area contributed by atoms with Gasteiger partial charge >= 0.3 is 6.36 Å². The Morgan fingerprint density at radius 1 is 1.24 bits per heavy atom. The van der Waals surface area contributed by atoms with E-state index in [-0.39, 0.29) is 11.6 Å². The van der Waals surface area contributed by atoms with Crippen molar-refractivity contribution in [1.29, 1.82) is 0 Å². The van der Waals surface area contributed by atoms with E-state index in [1.165, 1.54) is 12.1 Å². The minimum Gasteiger partial charge on any atom is -0.423 e. The van der Waals surface area contributed by atoms with E-state index in [9.17, 15) is 13.2 Å². The SMILES string of the molecule is FC(F)(F)Oc1cc(Br)cc(-c2nnco2)c1. The molecule has 4 nitrogen and oxygen atoms in total. The zero-order valence-electron chi connectivity index (χ0n) is 8.03. The zero-order valence-corrected chi connectivity index (χ0v) is 9.62. The van der Waals surface area contributed by atoms with Gasteiger partial charge in [-0.1, -0.05) is 15.9 Å². The molecule has 0 fully saturated rings. The Morgan fingerprint density at radius 3 is 2.59 bits per heavy atom. The predicted molar refractivity (Wildman–Crippen MR) is 54.1 cm³/mol. The number of hydrogen-bond donors (Lipinski definition) is 0. The third-order valence-corrected chi connectivity index (χ3v) is 2.17. The molecule has 0 spiro atoms. The molecular weight excluding hydrogens is 305 g/mol. The Bertz CT molecular complexity index is 513. The number of benzene rings is 1. The maximum Gasteiger partial charge on any atom is 0.573 e. The third kappa shape index (κ3) is 3.19. The van der Waals surface area contributed by atoms with Gasteiger partial charge in [0.2, 0.25) is 12.3 Å². The standard InChI is InChI=1S/C9H4BrF3N2O2/c10-6-1-5(8-15-14-4-16-8)2-7(3-6)17-9(11,12)13/h1-4H. The van der Waals surface area contributed by atoms with Crippen LogP contribution in [0.2, 0.25) is 0 Å². The van der Waals surface area contributed by atoms with Gasteiger partial charge in [-0.3, -0.25) is 0 Å². The van der Waals surface area contributed by atoms with Crippen molar-refractivity contribution in [2.75, 3.05) is 0 Å². The summed E-state index contributed by atoms with van der Waals surface area (Å²) >= 11 is 3.07. The fourth-order valence-corrected chi connectivity index (χ4v) is 1.65. The number of hydrogen-bond acceptors (Lipinski definition) is 4. The first-order valence-corrected chi connectivity index (χ1v) is 5.06. The topological polar surface area (TPSA) is 48.2 Å². The number of halogens is 4. The molecule has 17 heavy (non-hydrogen) atoms. The lowest BCUT2D eigenvalue weighted by atomic mass is 10.2. The fraction of sp³-hybridized carbons (Fsp3) is 0.111. The molecule has 1 aromatic heterocycles. The second-order valence-corrected chi connectivity index (χ2v) is 3.88. The molecule has 0 saturated heterocycles. The van der Waals surface area contributed by atoms with E-state index in [4.69, 9.17) is 4.42 Å². The van der Waals surface area contributed by atoms with Gasteiger partial charge in [-0.15, -0.1) is 23.4 Å². The maximum atomic E-state index is 12.1. The largest absolute Gasteiger partial charge is 0.573 e. The van der Waals surface area contributed by atoms with Crippen molar-refractivity contribution >= 4 is 15.9 Å².